The van der Waals surface area contributed by atoms with Crippen LogP contribution in [0.3, 0.4) is 0 Å². The number of hydrogen-bond acceptors (Lipinski definition) is 2. The number of nitrogens with zero attached hydrogens (tertiary/aromatic N) is 1. The number of anilines is 1. The SMILES string of the molecule is CC1OC(C)N(c2ccccc2)C1=O. The number of benzene rings is 1. The molecule has 3 heteroatoms. The predicted molar refractivity (Wildman–Crippen MR) is 53.9 cm³/mol. The lowest BCUT2D eigenvalue weighted by Crippen LogP contribution is -2.32. The molecule has 1 aliphatic heterocycles. The highest BCUT2D eigenvalue weighted by Crippen LogP contribution is 2.24. The van der Waals surface area contributed by atoms with Crippen LogP contribution in [0.4, 0.5) is 5.69 Å². The van der Waals surface area contributed by atoms with Crippen molar-refractivity contribution in [1.29, 1.82) is 0 Å². The van der Waals surface area contributed by atoms with Gasteiger partial charge in [-0.2, -0.15) is 0 Å². The van der Waals surface area contributed by atoms with Crippen molar-refractivity contribution in [3.63, 3.8) is 0 Å². The van der Waals surface area contributed by atoms with Crippen LogP contribution < -0.4 is 4.90 Å². The summed E-state index contributed by atoms with van der Waals surface area (Å²) in [4.78, 5) is 13.4. The van der Waals surface area contributed by atoms with Crippen LogP contribution in [0.2, 0.25) is 0 Å². The fourth-order valence-electron chi connectivity index (χ4n) is 1.72. The zero-order valence-electron chi connectivity index (χ0n) is 8.31. The second-order valence-corrected chi connectivity index (χ2v) is 3.42. The molecule has 2 atom stereocenters. The summed E-state index contributed by atoms with van der Waals surface area (Å²) in [6.45, 7) is 3.66. The number of ether oxygens (including phenoxy) is 1. The van der Waals surface area contributed by atoms with Gasteiger partial charge in [-0.15, -0.1) is 0 Å². The first-order valence-corrected chi connectivity index (χ1v) is 4.74. The van der Waals surface area contributed by atoms with Gasteiger partial charge in [0.1, 0.15) is 12.3 Å². The summed E-state index contributed by atoms with van der Waals surface area (Å²) in [6.07, 6.45) is -0.495. The Morgan fingerprint density at radius 1 is 1.21 bits per heavy atom. The van der Waals surface area contributed by atoms with E-state index in [2.05, 4.69) is 0 Å². The van der Waals surface area contributed by atoms with Crippen LogP contribution in [0, 0.1) is 0 Å². The van der Waals surface area contributed by atoms with E-state index in [1.807, 2.05) is 37.3 Å². The Labute approximate surface area is 83.3 Å². The lowest BCUT2D eigenvalue weighted by Gasteiger charge is -2.19. The summed E-state index contributed by atoms with van der Waals surface area (Å²) < 4.78 is 5.42. The monoisotopic (exact) mass is 191 g/mol. The fourth-order valence-corrected chi connectivity index (χ4v) is 1.72. The standard InChI is InChI=1S/C11H13NO2/c1-8-11(13)12(9(2)14-8)10-6-4-3-5-7-10/h3-9H,1-2H3. The van der Waals surface area contributed by atoms with Crippen LogP contribution in [-0.2, 0) is 9.53 Å². The molecule has 0 N–H and O–H groups in total. The number of carbonyl (C=O) groups is 1. The predicted octanol–water partition coefficient (Wildman–Crippen LogP) is 1.78. The van der Waals surface area contributed by atoms with Crippen LogP contribution in [0.25, 0.3) is 0 Å². The van der Waals surface area contributed by atoms with E-state index in [0.29, 0.717) is 0 Å². The molecule has 74 valence electrons. The third kappa shape index (κ3) is 1.40. The van der Waals surface area contributed by atoms with Crippen LogP contribution in [0.15, 0.2) is 30.3 Å². The second kappa shape index (κ2) is 3.42. The minimum absolute atomic E-state index is 0.0312. The number of hydrogen-bond donors (Lipinski definition) is 0. The Morgan fingerprint density at radius 3 is 2.36 bits per heavy atom. The van der Waals surface area contributed by atoms with E-state index in [4.69, 9.17) is 4.74 Å². The van der Waals surface area contributed by atoms with Crippen molar-refractivity contribution in [3.8, 4) is 0 Å². The van der Waals surface area contributed by atoms with Crippen LogP contribution in [0.1, 0.15) is 13.8 Å². The van der Waals surface area contributed by atoms with Crippen molar-refractivity contribution in [2.75, 3.05) is 4.90 Å². The fraction of sp³-hybridized carbons (Fsp3) is 0.364. The first kappa shape index (κ1) is 9.21. The first-order valence-electron chi connectivity index (χ1n) is 4.74. The molecule has 1 aromatic rings. The van der Waals surface area contributed by atoms with Gasteiger partial charge in [0.15, 0.2) is 0 Å². The van der Waals surface area contributed by atoms with Crippen molar-refractivity contribution in [3.05, 3.63) is 30.3 Å². The normalized spacial score (nSPS) is 27.0. The first-order chi connectivity index (χ1) is 6.70. The molecular weight excluding hydrogens is 178 g/mol. The van der Waals surface area contributed by atoms with E-state index in [1.54, 1.807) is 11.8 Å². The lowest BCUT2D eigenvalue weighted by atomic mass is 10.2. The number of amides is 1. The summed E-state index contributed by atoms with van der Waals surface area (Å²) in [7, 11) is 0. The molecule has 0 aliphatic carbocycles. The number of rotatable bonds is 1. The van der Waals surface area contributed by atoms with Gasteiger partial charge in [-0.3, -0.25) is 9.69 Å². The molecule has 1 heterocycles. The van der Waals surface area contributed by atoms with Crippen molar-refractivity contribution >= 4 is 11.6 Å². The van der Waals surface area contributed by atoms with E-state index >= 15 is 0 Å². The third-order valence-electron chi connectivity index (χ3n) is 2.38. The Hall–Kier alpha value is -1.35. The minimum atomic E-state index is -0.329. The molecule has 0 spiro atoms. The molecule has 14 heavy (non-hydrogen) atoms. The highest BCUT2D eigenvalue weighted by molar-refractivity contribution is 5.98. The Kier molecular flexibility index (Phi) is 2.25. The highest BCUT2D eigenvalue weighted by Gasteiger charge is 2.35. The smallest absolute Gasteiger partial charge is 0.258 e. The summed E-state index contributed by atoms with van der Waals surface area (Å²) in [6, 6.07) is 9.58. The van der Waals surface area contributed by atoms with E-state index in [0.717, 1.165) is 5.69 Å². The molecule has 3 nitrogen and oxygen atoms in total. The topological polar surface area (TPSA) is 29.5 Å². The van der Waals surface area contributed by atoms with Gasteiger partial charge in [-0.25, -0.2) is 0 Å². The summed E-state index contributed by atoms with van der Waals surface area (Å²) in [5.74, 6) is 0.0312. The second-order valence-electron chi connectivity index (χ2n) is 3.42. The Morgan fingerprint density at radius 2 is 1.86 bits per heavy atom. The van der Waals surface area contributed by atoms with Crippen molar-refractivity contribution in [2.24, 2.45) is 0 Å². The lowest BCUT2D eigenvalue weighted by molar-refractivity contribution is -0.121. The molecule has 0 aromatic heterocycles. The number of carbonyl (C=O) groups excluding carboxylic acids is 1. The minimum Gasteiger partial charge on any atom is -0.345 e. The summed E-state index contributed by atoms with van der Waals surface area (Å²) in [5.41, 5.74) is 0.898. The molecule has 1 saturated heterocycles. The Balaban J connectivity index is 2.31. The van der Waals surface area contributed by atoms with Gasteiger partial charge in [0.05, 0.1) is 0 Å². The van der Waals surface area contributed by atoms with Crippen LogP contribution in [0.5, 0.6) is 0 Å². The van der Waals surface area contributed by atoms with Gasteiger partial charge in [0, 0.05) is 5.69 Å². The van der Waals surface area contributed by atoms with Crippen molar-refractivity contribution in [1.82, 2.24) is 0 Å². The molecule has 0 bridgehead atoms. The van der Waals surface area contributed by atoms with Gasteiger partial charge < -0.3 is 4.74 Å². The van der Waals surface area contributed by atoms with Gasteiger partial charge in [-0.05, 0) is 26.0 Å². The molecule has 1 aliphatic rings. The van der Waals surface area contributed by atoms with Gasteiger partial charge >= 0.3 is 0 Å². The molecular formula is C11H13NO2. The van der Waals surface area contributed by atoms with E-state index in [-0.39, 0.29) is 18.2 Å². The maximum Gasteiger partial charge on any atom is 0.258 e. The average Bonchev–Trinajstić information content (AvgIpc) is 2.43. The van der Waals surface area contributed by atoms with E-state index in [1.165, 1.54) is 0 Å². The average molecular weight is 191 g/mol. The van der Waals surface area contributed by atoms with Gasteiger partial charge in [0.25, 0.3) is 5.91 Å². The van der Waals surface area contributed by atoms with Gasteiger partial charge in [0.2, 0.25) is 0 Å². The molecule has 1 amide bonds. The molecule has 1 aromatic carbocycles. The Bertz CT molecular complexity index is 336. The highest BCUT2D eigenvalue weighted by atomic mass is 16.5. The zero-order chi connectivity index (χ0) is 10.1. The molecule has 1 fully saturated rings. The summed E-state index contributed by atoms with van der Waals surface area (Å²) in [5, 5.41) is 0. The third-order valence-corrected chi connectivity index (χ3v) is 2.38. The molecule has 2 rings (SSSR count). The molecule has 0 radical (unpaired) electrons. The van der Waals surface area contributed by atoms with Crippen LogP contribution in [-0.4, -0.2) is 18.2 Å². The molecule has 2 unspecified atom stereocenters. The van der Waals surface area contributed by atoms with E-state index < -0.39 is 0 Å². The number of para-hydroxylation sites is 1. The summed E-state index contributed by atoms with van der Waals surface area (Å²) >= 11 is 0. The van der Waals surface area contributed by atoms with Crippen molar-refractivity contribution in [2.45, 2.75) is 26.2 Å². The van der Waals surface area contributed by atoms with Crippen molar-refractivity contribution < 1.29 is 9.53 Å². The largest absolute Gasteiger partial charge is 0.345 e. The molecule has 0 saturated carbocycles. The van der Waals surface area contributed by atoms with Gasteiger partial charge in [-0.1, -0.05) is 18.2 Å². The quantitative estimate of drug-likeness (QED) is 0.677. The van der Waals surface area contributed by atoms with Crippen LogP contribution >= 0.6 is 0 Å². The van der Waals surface area contributed by atoms with E-state index in [9.17, 15) is 4.79 Å². The zero-order valence-corrected chi connectivity index (χ0v) is 8.31. The maximum atomic E-state index is 11.7. The maximum absolute atomic E-state index is 11.7.